The Bertz CT molecular complexity index is 122. The van der Waals surface area contributed by atoms with Crippen molar-refractivity contribution in [2.75, 3.05) is 0 Å². The van der Waals surface area contributed by atoms with E-state index in [2.05, 4.69) is 0 Å². The van der Waals surface area contributed by atoms with Crippen molar-refractivity contribution in [1.82, 2.24) is 0 Å². The van der Waals surface area contributed by atoms with Crippen molar-refractivity contribution in [1.29, 1.82) is 0 Å². The molecule has 0 saturated carbocycles. The number of hydrogen-bond acceptors (Lipinski definition) is 2. The lowest BCUT2D eigenvalue weighted by atomic mass is 10.3. The standard InChI is InChI=1S/C6H10O3/c1-5(7)3-2-4-6(8)9/h3,7H,2,4H2,1H3,(H,8,9). The smallest absolute Gasteiger partial charge is 0.303 e. The lowest BCUT2D eigenvalue weighted by molar-refractivity contribution is -0.136. The van der Waals surface area contributed by atoms with Crippen LogP contribution in [-0.2, 0) is 4.79 Å². The molecule has 0 radical (unpaired) electrons. The number of aliphatic hydroxyl groups is 1. The number of rotatable bonds is 3. The van der Waals surface area contributed by atoms with Crippen LogP contribution < -0.4 is 0 Å². The zero-order valence-electron chi connectivity index (χ0n) is 5.29. The zero-order chi connectivity index (χ0) is 7.28. The van der Waals surface area contributed by atoms with Gasteiger partial charge in [0, 0.05) is 6.42 Å². The first-order valence-electron chi connectivity index (χ1n) is 2.70. The van der Waals surface area contributed by atoms with E-state index in [1.165, 1.54) is 13.0 Å². The van der Waals surface area contributed by atoms with Gasteiger partial charge in [0.05, 0.1) is 5.76 Å². The summed E-state index contributed by atoms with van der Waals surface area (Å²) >= 11 is 0. The van der Waals surface area contributed by atoms with Crippen LogP contribution in [0.4, 0.5) is 0 Å². The summed E-state index contributed by atoms with van der Waals surface area (Å²) in [6.45, 7) is 1.52. The van der Waals surface area contributed by atoms with E-state index in [0.29, 0.717) is 6.42 Å². The average molecular weight is 130 g/mol. The number of hydrogen-bond donors (Lipinski definition) is 2. The molecule has 0 aliphatic carbocycles. The third kappa shape index (κ3) is 7.01. The van der Waals surface area contributed by atoms with Gasteiger partial charge in [0.1, 0.15) is 0 Å². The molecule has 0 fully saturated rings. The third-order valence-corrected chi connectivity index (χ3v) is 0.798. The van der Waals surface area contributed by atoms with Crippen molar-refractivity contribution >= 4 is 5.97 Å². The normalized spacial score (nSPS) is 11.4. The first-order valence-corrected chi connectivity index (χ1v) is 2.70. The molecule has 3 heteroatoms. The molecule has 0 spiro atoms. The minimum atomic E-state index is -0.840. The molecule has 3 nitrogen and oxygen atoms in total. The van der Waals surface area contributed by atoms with E-state index >= 15 is 0 Å². The van der Waals surface area contributed by atoms with Crippen LogP contribution in [0.5, 0.6) is 0 Å². The molecule has 52 valence electrons. The minimum Gasteiger partial charge on any atom is -0.513 e. The molecule has 0 unspecified atom stereocenters. The predicted molar refractivity (Wildman–Crippen MR) is 33.3 cm³/mol. The van der Waals surface area contributed by atoms with Gasteiger partial charge in [0.25, 0.3) is 0 Å². The van der Waals surface area contributed by atoms with Crippen molar-refractivity contribution in [2.45, 2.75) is 19.8 Å². The summed E-state index contributed by atoms with van der Waals surface area (Å²) in [5, 5.41) is 16.6. The maximum atomic E-state index is 9.87. The molecule has 0 aromatic heterocycles. The van der Waals surface area contributed by atoms with E-state index in [1.54, 1.807) is 0 Å². The monoisotopic (exact) mass is 130 g/mol. The van der Waals surface area contributed by atoms with E-state index in [1.807, 2.05) is 0 Å². The van der Waals surface area contributed by atoms with E-state index < -0.39 is 5.97 Å². The van der Waals surface area contributed by atoms with Crippen LogP contribution in [-0.4, -0.2) is 16.2 Å². The van der Waals surface area contributed by atoms with Gasteiger partial charge in [-0.2, -0.15) is 0 Å². The summed E-state index contributed by atoms with van der Waals surface area (Å²) in [6.07, 6.45) is 1.96. The molecular weight excluding hydrogens is 120 g/mol. The number of aliphatic carboxylic acids is 1. The summed E-state index contributed by atoms with van der Waals surface area (Å²) < 4.78 is 0. The second-order valence-corrected chi connectivity index (χ2v) is 1.78. The Morgan fingerprint density at radius 2 is 2.11 bits per heavy atom. The molecule has 2 N–H and O–H groups in total. The molecule has 0 aliphatic heterocycles. The third-order valence-electron chi connectivity index (χ3n) is 0.798. The summed E-state index contributed by atoms with van der Waals surface area (Å²) in [7, 11) is 0. The lowest BCUT2D eigenvalue weighted by Crippen LogP contribution is -1.91. The second kappa shape index (κ2) is 3.95. The Morgan fingerprint density at radius 3 is 2.44 bits per heavy atom. The average Bonchev–Trinajstić information content (AvgIpc) is 1.63. The fourth-order valence-electron chi connectivity index (χ4n) is 0.405. The van der Waals surface area contributed by atoms with Crippen molar-refractivity contribution in [3.05, 3.63) is 11.8 Å². The summed E-state index contributed by atoms with van der Waals surface area (Å²) in [5.74, 6) is -0.663. The Hall–Kier alpha value is -0.990. The fourth-order valence-corrected chi connectivity index (χ4v) is 0.405. The largest absolute Gasteiger partial charge is 0.513 e. The SMILES string of the molecule is CC(O)=CCCC(=O)O. The van der Waals surface area contributed by atoms with Gasteiger partial charge < -0.3 is 10.2 Å². The zero-order valence-corrected chi connectivity index (χ0v) is 5.29. The van der Waals surface area contributed by atoms with Crippen LogP contribution in [0, 0.1) is 0 Å². The highest BCUT2D eigenvalue weighted by atomic mass is 16.4. The van der Waals surface area contributed by atoms with Gasteiger partial charge in [-0.15, -0.1) is 0 Å². The van der Waals surface area contributed by atoms with E-state index in [0.717, 1.165) is 0 Å². The summed E-state index contributed by atoms with van der Waals surface area (Å²) in [4.78, 5) is 9.87. The molecule has 0 saturated heterocycles. The van der Waals surface area contributed by atoms with Crippen LogP contribution >= 0.6 is 0 Å². The van der Waals surface area contributed by atoms with Gasteiger partial charge in [0.2, 0.25) is 0 Å². The fraction of sp³-hybridized carbons (Fsp3) is 0.500. The molecule has 0 atom stereocenters. The Labute approximate surface area is 53.6 Å². The number of allylic oxidation sites excluding steroid dienone is 2. The van der Waals surface area contributed by atoms with Crippen molar-refractivity contribution in [3.63, 3.8) is 0 Å². The summed E-state index contributed by atoms with van der Waals surface area (Å²) in [5.41, 5.74) is 0. The topological polar surface area (TPSA) is 57.5 Å². The number of aliphatic hydroxyl groups excluding tert-OH is 1. The second-order valence-electron chi connectivity index (χ2n) is 1.78. The lowest BCUT2D eigenvalue weighted by Gasteiger charge is -1.87. The van der Waals surface area contributed by atoms with Crippen molar-refractivity contribution in [3.8, 4) is 0 Å². The van der Waals surface area contributed by atoms with Crippen LogP contribution in [0.2, 0.25) is 0 Å². The highest BCUT2D eigenvalue weighted by molar-refractivity contribution is 5.66. The van der Waals surface area contributed by atoms with Crippen LogP contribution in [0.15, 0.2) is 11.8 Å². The number of carbonyl (C=O) groups is 1. The Morgan fingerprint density at radius 1 is 1.56 bits per heavy atom. The van der Waals surface area contributed by atoms with Gasteiger partial charge in [-0.25, -0.2) is 0 Å². The van der Waals surface area contributed by atoms with Gasteiger partial charge >= 0.3 is 5.97 Å². The maximum absolute atomic E-state index is 9.87. The molecule has 0 heterocycles. The summed E-state index contributed by atoms with van der Waals surface area (Å²) in [6, 6.07) is 0. The van der Waals surface area contributed by atoms with E-state index in [-0.39, 0.29) is 12.2 Å². The molecule has 0 aromatic carbocycles. The quantitative estimate of drug-likeness (QED) is 0.566. The molecule has 0 amide bonds. The predicted octanol–water partition coefficient (Wildman–Crippen LogP) is 1.31. The number of carboxylic acids is 1. The maximum Gasteiger partial charge on any atom is 0.303 e. The molecule has 9 heavy (non-hydrogen) atoms. The minimum absolute atomic E-state index is 0.0812. The highest BCUT2D eigenvalue weighted by Gasteiger charge is 1.92. The van der Waals surface area contributed by atoms with Crippen molar-refractivity contribution in [2.24, 2.45) is 0 Å². The Kier molecular flexibility index (Phi) is 3.51. The first-order chi connectivity index (χ1) is 4.13. The van der Waals surface area contributed by atoms with Gasteiger partial charge in [-0.1, -0.05) is 0 Å². The van der Waals surface area contributed by atoms with Crippen LogP contribution in [0.25, 0.3) is 0 Å². The van der Waals surface area contributed by atoms with Gasteiger partial charge in [0.15, 0.2) is 0 Å². The van der Waals surface area contributed by atoms with Crippen LogP contribution in [0.3, 0.4) is 0 Å². The molecule has 0 aromatic rings. The molecule has 0 rings (SSSR count). The molecular formula is C6H10O3. The van der Waals surface area contributed by atoms with Gasteiger partial charge in [-0.05, 0) is 19.4 Å². The van der Waals surface area contributed by atoms with E-state index in [4.69, 9.17) is 10.2 Å². The van der Waals surface area contributed by atoms with Gasteiger partial charge in [-0.3, -0.25) is 4.79 Å². The molecule has 0 aliphatic rings. The van der Waals surface area contributed by atoms with E-state index in [9.17, 15) is 4.79 Å². The first kappa shape index (κ1) is 8.01. The Balaban J connectivity index is 3.31. The van der Waals surface area contributed by atoms with Crippen LogP contribution in [0.1, 0.15) is 19.8 Å². The highest BCUT2D eigenvalue weighted by Crippen LogP contribution is 1.93. The van der Waals surface area contributed by atoms with Crippen molar-refractivity contribution < 1.29 is 15.0 Å². The number of carboxylic acid groups (broad SMARTS) is 1. The molecule has 0 bridgehead atoms.